The minimum Gasteiger partial charge on any atom is -0.365 e. The van der Waals surface area contributed by atoms with Crippen molar-refractivity contribution in [3.05, 3.63) is 35.4 Å². The van der Waals surface area contributed by atoms with E-state index in [-0.39, 0.29) is 0 Å². The Morgan fingerprint density at radius 2 is 2.12 bits per heavy atom. The zero-order chi connectivity index (χ0) is 17.5. The molecule has 2 aliphatic rings. The number of piperidine rings is 1. The molecule has 5 rings (SSSR count). The molecule has 1 aliphatic carbocycles. The lowest BCUT2D eigenvalue weighted by atomic mass is 10.1. The molecule has 0 radical (unpaired) electrons. The maximum absolute atomic E-state index is 4.72. The lowest BCUT2D eigenvalue weighted by molar-refractivity contribution is 0.526. The van der Waals surface area contributed by atoms with Crippen molar-refractivity contribution >= 4 is 33.2 Å². The van der Waals surface area contributed by atoms with Gasteiger partial charge in [-0.3, -0.25) is 0 Å². The average Bonchev–Trinajstić information content (AvgIpc) is 3.46. The largest absolute Gasteiger partial charge is 0.365 e. The van der Waals surface area contributed by atoms with Gasteiger partial charge in [-0.15, -0.1) is 11.3 Å². The first-order valence-electron chi connectivity index (χ1n) is 9.31. The van der Waals surface area contributed by atoms with E-state index in [0.717, 1.165) is 48.9 Å². The van der Waals surface area contributed by atoms with E-state index in [0.29, 0.717) is 12.0 Å². The average molecular weight is 366 g/mol. The van der Waals surface area contributed by atoms with E-state index in [1.165, 1.54) is 23.1 Å². The van der Waals surface area contributed by atoms with Crippen molar-refractivity contribution in [2.24, 2.45) is 0 Å². The highest BCUT2D eigenvalue weighted by atomic mass is 32.1. The highest BCUT2D eigenvalue weighted by molar-refractivity contribution is 7.18. The fourth-order valence-corrected chi connectivity index (χ4v) is 4.69. The smallest absolute Gasteiger partial charge is 0.150 e. The lowest BCUT2D eigenvalue weighted by Crippen LogP contribution is -2.42. The van der Waals surface area contributed by atoms with Gasteiger partial charge in [0.2, 0.25) is 0 Å². The fourth-order valence-electron chi connectivity index (χ4n) is 3.67. The first-order valence-corrected chi connectivity index (χ1v) is 10.2. The number of aryl methyl sites for hydroxylation is 1. The number of nitrogens with one attached hydrogen (secondary N) is 1. The Kier molecular flexibility index (Phi) is 3.96. The Labute approximate surface area is 156 Å². The summed E-state index contributed by atoms with van der Waals surface area (Å²) in [7, 11) is 0. The molecule has 7 heteroatoms. The molecule has 1 atom stereocenters. The van der Waals surface area contributed by atoms with Crippen LogP contribution in [0.15, 0.2) is 24.0 Å². The van der Waals surface area contributed by atoms with Gasteiger partial charge in [0.05, 0.1) is 10.2 Å². The summed E-state index contributed by atoms with van der Waals surface area (Å²) >= 11 is 1.74. The second kappa shape index (κ2) is 6.46. The Morgan fingerprint density at radius 3 is 3.00 bits per heavy atom. The molecule has 0 aromatic carbocycles. The summed E-state index contributed by atoms with van der Waals surface area (Å²) in [5.41, 5.74) is 2.31. The quantitative estimate of drug-likeness (QED) is 0.758. The Bertz CT molecular complexity index is 935. The molecule has 6 nitrogen and oxygen atoms in total. The van der Waals surface area contributed by atoms with Crippen LogP contribution in [0.3, 0.4) is 0 Å². The molecule has 3 aromatic rings. The molecule has 0 bridgehead atoms. The monoisotopic (exact) mass is 366 g/mol. The van der Waals surface area contributed by atoms with Crippen molar-refractivity contribution in [1.29, 1.82) is 0 Å². The van der Waals surface area contributed by atoms with Gasteiger partial charge in [0.25, 0.3) is 0 Å². The summed E-state index contributed by atoms with van der Waals surface area (Å²) in [4.78, 5) is 20.6. The van der Waals surface area contributed by atoms with Crippen molar-refractivity contribution < 1.29 is 0 Å². The van der Waals surface area contributed by atoms with Crippen molar-refractivity contribution in [3.8, 4) is 0 Å². The van der Waals surface area contributed by atoms with Gasteiger partial charge in [-0.2, -0.15) is 0 Å². The predicted molar refractivity (Wildman–Crippen MR) is 105 cm³/mol. The Morgan fingerprint density at radius 1 is 1.19 bits per heavy atom. The third-order valence-electron chi connectivity index (χ3n) is 5.20. The van der Waals surface area contributed by atoms with Crippen molar-refractivity contribution in [2.75, 3.05) is 23.3 Å². The predicted octanol–water partition coefficient (Wildman–Crippen LogP) is 3.75. The third-order valence-corrected chi connectivity index (χ3v) is 6.28. The number of fused-ring (bicyclic) bond motifs is 1. The molecule has 3 aromatic heterocycles. The van der Waals surface area contributed by atoms with E-state index >= 15 is 0 Å². The molecular formula is C19H22N6S. The van der Waals surface area contributed by atoms with Crippen LogP contribution in [0.5, 0.6) is 0 Å². The topological polar surface area (TPSA) is 66.8 Å². The number of rotatable bonds is 4. The molecule has 0 amide bonds. The maximum atomic E-state index is 4.72. The van der Waals surface area contributed by atoms with E-state index in [1.54, 1.807) is 17.7 Å². The van der Waals surface area contributed by atoms with Gasteiger partial charge in [0.15, 0.2) is 0 Å². The van der Waals surface area contributed by atoms with Crippen LogP contribution in [0.1, 0.15) is 43.0 Å². The second-order valence-electron chi connectivity index (χ2n) is 7.30. The molecule has 1 aliphatic heterocycles. The molecule has 1 unspecified atom stereocenters. The van der Waals surface area contributed by atoms with E-state index in [2.05, 4.69) is 37.5 Å². The number of anilines is 2. The Hall–Kier alpha value is -2.28. The van der Waals surface area contributed by atoms with Crippen LogP contribution in [0.2, 0.25) is 0 Å². The van der Waals surface area contributed by atoms with Gasteiger partial charge < -0.3 is 10.2 Å². The summed E-state index contributed by atoms with van der Waals surface area (Å²) in [6, 6.07) is 2.35. The van der Waals surface area contributed by atoms with Crippen LogP contribution < -0.4 is 10.2 Å². The van der Waals surface area contributed by atoms with Gasteiger partial charge in [0, 0.05) is 31.2 Å². The van der Waals surface area contributed by atoms with Crippen molar-refractivity contribution in [3.63, 3.8) is 0 Å². The van der Waals surface area contributed by atoms with Crippen molar-refractivity contribution in [2.45, 2.75) is 44.6 Å². The molecule has 1 saturated heterocycles. The summed E-state index contributed by atoms with van der Waals surface area (Å²) in [5.74, 6) is 3.60. The Balaban J connectivity index is 1.35. The number of hydrogen-bond acceptors (Lipinski definition) is 7. The first-order chi connectivity index (χ1) is 12.8. The molecular weight excluding hydrogens is 344 g/mol. The van der Waals surface area contributed by atoms with E-state index in [1.807, 2.05) is 12.3 Å². The minimum absolute atomic E-state index is 0.372. The molecule has 1 N–H and O–H groups in total. The van der Waals surface area contributed by atoms with Gasteiger partial charge in [-0.05, 0) is 49.6 Å². The highest BCUT2D eigenvalue weighted by Crippen LogP contribution is 2.38. The van der Waals surface area contributed by atoms with Crippen LogP contribution >= 0.6 is 11.3 Å². The fraction of sp³-hybridized carbons (Fsp3) is 0.474. The standard InChI is InChI=1S/C19H22N6S/c1-12-10-26-17-16(12)21-11-22-19(17)25-8-2-3-14(9-25)23-15-6-7-20-18(24-15)13-4-5-13/h6-7,10-11,13-14H,2-5,8-9H2,1H3,(H,20,23,24). The van der Waals surface area contributed by atoms with Gasteiger partial charge in [0.1, 0.15) is 23.8 Å². The zero-order valence-corrected chi connectivity index (χ0v) is 15.7. The van der Waals surface area contributed by atoms with E-state index in [4.69, 9.17) is 4.98 Å². The van der Waals surface area contributed by atoms with Crippen LogP contribution in [0, 0.1) is 6.92 Å². The van der Waals surface area contributed by atoms with Crippen molar-refractivity contribution in [1.82, 2.24) is 19.9 Å². The summed E-state index contributed by atoms with van der Waals surface area (Å²) < 4.78 is 1.20. The van der Waals surface area contributed by atoms with Gasteiger partial charge in [-0.1, -0.05) is 0 Å². The van der Waals surface area contributed by atoms with Crippen LogP contribution in [-0.2, 0) is 0 Å². The summed E-state index contributed by atoms with van der Waals surface area (Å²) in [6.45, 7) is 4.09. The van der Waals surface area contributed by atoms with Gasteiger partial charge >= 0.3 is 0 Å². The highest BCUT2D eigenvalue weighted by Gasteiger charge is 2.27. The molecule has 0 spiro atoms. The van der Waals surface area contributed by atoms with E-state index in [9.17, 15) is 0 Å². The molecule has 2 fully saturated rings. The summed E-state index contributed by atoms with van der Waals surface area (Å²) in [5, 5.41) is 5.79. The molecule has 1 saturated carbocycles. The van der Waals surface area contributed by atoms with Crippen LogP contribution in [0.25, 0.3) is 10.2 Å². The third kappa shape index (κ3) is 3.00. The van der Waals surface area contributed by atoms with Crippen LogP contribution in [0.4, 0.5) is 11.6 Å². The molecule has 4 heterocycles. The SMILES string of the molecule is Cc1csc2c(N3CCCC(Nc4ccnc(C5CC5)n4)C3)ncnc12. The maximum Gasteiger partial charge on any atom is 0.150 e. The minimum atomic E-state index is 0.372. The normalized spacial score (nSPS) is 20.5. The molecule has 134 valence electrons. The number of hydrogen-bond donors (Lipinski definition) is 1. The number of nitrogens with zero attached hydrogens (tertiary/aromatic N) is 5. The van der Waals surface area contributed by atoms with Crippen LogP contribution in [-0.4, -0.2) is 39.1 Å². The van der Waals surface area contributed by atoms with Gasteiger partial charge in [-0.25, -0.2) is 19.9 Å². The summed E-state index contributed by atoms with van der Waals surface area (Å²) in [6.07, 6.45) is 8.33. The molecule has 26 heavy (non-hydrogen) atoms. The lowest BCUT2D eigenvalue weighted by Gasteiger charge is -2.34. The zero-order valence-electron chi connectivity index (χ0n) is 14.9. The first kappa shape index (κ1) is 15.9. The second-order valence-corrected chi connectivity index (χ2v) is 8.18. The van der Waals surface area contributed by atoms with E-state index < -0.39 is 0 Å². The number of thiophene rings is 1. The number of aromatic nitrogens is 4.